The van der Waals surface area contributed by atoms with Gasteiger partial charge in [-0.3, -0.25) is 4.79 Å². The fourth-order valence-electron chi connectivity index (χ4n) is 1.75. The number of carbonyl (C=O) groups is 1. The Kier molecular flexibility index (Phi) is 3.63. The minimum atomic E-state index is -0.168. The highest BCUT2D eigenvalue weighted by atomic mass is 16.1. The Hall–Kier alpha value is -2.60. The molecule has 0 aliphatic carbocycles. The number of benzene rings is 2. The largest absolute Gasteiger partial charge is 0.322 e. The first kappa shape index (κ1) is 12.8. The van der Waals surface area contributed by atoms with Gasteiger partial charge in [-0.25, -0.2) is 0 Å². The van der Waals surface area contributed by atoms with Gasteiger partial charge in [0, 0.05) is 11.3 Å². The normalized spacial score (nSPS) is 9.74. The molecule has 0 aliphatic rings. The lowest BCUT2D eigenvalue weighted by Crippen LogP contribution is -2.12. The number of aryl methyl sites for hydroxylation is 2. The molecule has 0 aliphatic heterocycles. The van der Waals surface area contributed by atoms with Gasteiger partial charge in [0.2, 0.25) is 0 Å². The van der Waals surface area contributed by atoms with Gasteiger partial charge in [0.05, 0.1) is 11.6 Å². The number of nitrogens with one attached hydrogen (secondary N) is 1. The fraction of sp³-hybridized carbons (Fsp3) is 0.125. The van der Waals surface area contributed by atoms with E-state index in [0.29, 0.717) is 16.8 Å². The molecule has 0 heterocycles. The summed E-state index contributed by atoms with van der Waals surface area (Å²) in [6, 6.07) is 14.5. The number of amides is 1. The second-order valence-electron chi connectivity index (χ2n) is 4.45. The second-order valence-corrected chi connectivity index (χ2v) is 4.45. The molecule has 0 radical (unpaired) electrons. The van der Waals surface area contributed by atoms with Gasteiger partial charge < -0.3 is 5.32 Å². The number of anilines is 1. The molecule has 1 amide bonds. The molecule has 2 aromatic carbocycles. The maximum Gasteiger partial charge on any atom is 0.255 e. The van der Waals surface area contributed by atoms with Gasteiger partial charge in [0.15, 0.2) is 0 Å². The van der Waals surface area contributed by atoms with Crippen LogP contribution < -0.4 is 5.32 Å². The van der Waals surface area contributed by atoms with E-state index in [0.717, 1.165) is 11.1 Å². The third kappa shape index (κ3) is 2.99. The molecule has 94 valence electrons. The van der Waals surface area contributed by atoms with Crippen molar-refractivity contribution in [2.45, 2.75) is 13.8 Å². The molecule has 0 fully saturated rings. The Morgan fingerprint density at radius 1 is 1.11 bits per heavy atom. The van der Waals surface area contributed by atoms with Crippen LogP contribution in [0.2, 0.25) is 0 Å². The Morgan fingerprint density at radius 2 is 1.89 bits per heavy atom. The van der Waals surface area contributed by atoms with Crippen molar-refractivity contribution in [3.63, 3.8) is 0 Å². The molecule has 2 rings (SSSR count). The molecule has 3 heteroatoms. The second kappa shape index (κ2) is 5.36. The molecule has 0 bridgehead atoms. The van der Waals surface area contributed by atoms with Crippen LogP contribution >= 0.6 is 0 Å². The van der Waals surface area contributed by atoms with Crippen LogP contribution in [0.15, 0.2) is 42.5 Å². The van der Waals surface area contributed by atoms with Crippen LogP contribution in [0.25, 0.3) is 0 Å². The predicted octanol–water partition coefficient (Wildman–Crippen LogP) is 3.43. The number of carbonyl (C=O) groups excluding carboxylic acids is 1. The van der Waals surface area contributed by atoms with E-state index in [4.69, 9.17) is 5.26 Å². The number of nitrogens with zero attached hydrogens (tertiary/aromatic N) is 1. The summed E-state index contributed by atoms with van der Waals surface area (Å²) in [5.41, 5.74) is 4.01. The number of rotatable bonds is 2. The van der Waals surface area contributed by atoms with Crippen LogP contribution in [0, 0.1) is 25.2 Å². The minimum Gasteiger partial charge on any atom is -0.322 e. The van der Waals surface area contributed by atoms with E-state index in [1.807, 2.05) is 32.0 Å². The fourth-order valence-corrected chi connectivity index (χ4v) is 1.75. The highest BCUT2D eigenvalue weighted by molar-refractivity contribution is 6.04. The number of nitriles is 1. The van der Waals surface area contributed by atoms with E-state index in [-0.39, 0.29) is 5.91 Å². The van der Waals surface area contributed by atoms with Crippen molar-refractivity contribution in [3.05, 3.63) is 64.7 Å². The minimum absolute atomic E-state index is 0.168. The molecule has 0 saturated carbocycles. The number of hydrogen-bond donors (Lipinski definition) is 1. The monoisotopic (exact) mass is 250 g/mol. The highest BCUT2D eigenvalue weighted by Gasteiger charge is 2.07. The first-order chi connectivity index (χ1) is 9.10. The molecule has 2 aromatic rings. The van der Waals surface area contributed by atoms with Crippen molar-refractivity contribution in [2.75, 3.05) is 5.32 Å². The zero-order valence-electron chi connectivity index (χ0n) is 10.9. The Labute approximate surface area is 112 Å². The van der Waals surface area contributed by atoms with Crippen LogP contribution in [0.3, 0.4) is 0 Å². The summed E-state index contributed by atoms with van der Waals surface area (Å²) >= 11 is 0. The van der Waals surface area contributed by atoms with E-state index in [9.17, 15) is 4.79 Å². The van der Waals surface area contributed by atoms with Gasteiger partial charge in [-0.1, -0.05) is 12.1 Å². The van der Waals surface area contributed by atoms with E-state index in [2.05, 4.69) is 5.32 Å². The molecular formula is C16H14N2O. The summed E-state index contributed by atoms with van der Waals surface area (Å²) in [5, 5.41) is 11.6. The van der Waals surface area contributed by atoms with Crippen LogP contribution in [-0.2, 0) is 0 Å². The average molecular weight is 250 g/mol. The van der Waals surface area contributed by atoms with Gasteiger partial charge >= 0.3 is 0 Å². The van der Waals surface area contributed by atoms with E-state index in [1.165, 1.54) is 0 Å². The summed E-state index contributed by atoms with van der Waals surface area (Å²) in [6.07, 6.45) is 0. The van der Waals surface area contributed by atoms with E-state index < -0.39 is 0 Å². The quantitative estimate of drug-likeness (QED) is 0.887. The molecule has 0 atom stereocenters. The Bertz CT molecular complexity index is 669. The first-order valence-corrected chi connectivity index (χ1v) is 5.99. The predicted molar refractivity (Wildman–Crippen MR) is 75.0 cm³/mol. The smallest absolute Gasteiger partial charge is 0.255 e. The lowest BCUT2D eigenvalue weighted by atomic mass is 10.1. The summed E-state index contributed by atoms with van der Waals surface area (Å²) < 4.78 is 0. The van der Waals surface area contributed by atoms with Gasteiger partial charge in [-0.05, 0) is 55.3 Å². The maximum absolute atomic E-state index is 12.1. The van der Waals surface area contributed by atoms with E-state index in [1.54, 1.807) is 30.3 Å². The molecular weight excluding hydrogens is 236 g/mol. The molecule has 19 heavy (non-hydrogen) atoms. The van der Waals surface area contributed by atoms with Crippen molar-refractivity contribution in [2.24, 2.45) is 0 Å². The van der Waals surface area contributed by atoms with Gasteiger partial charge in [-0.2, -0.15) is 5.26 Å². The average Bonchev–Trinajstić information content (AvgIpc) is 2.42. The third-order valence-corrected chi connectivity index (χ3v) is 3.02. The zero-order chi connectivity index (χ0) is 13.8. The van der Waals surface area contributed by atoms with Crippen molar-refractivity contribution < 1.29 is 4.79 Å². The van der Waals surface area contributed by atoms with Crippen molar-refractivity contribution >= 4 is 11.6 Å². The number of hydrogen-bond acceptors (Lipinski definition) is 2. The van der Waals surface area contributed by atoms with E-state index >= 15 is 0 Å². The molecule has 1 N–H and O–H groups in total. The Morgan fingerprint density at radius 3 is 2.58 bits per heavy atom. The topological polar surface area (TPSA) is 52.9 Å². The molecule has 0 unspecified atom stereocenters. The summed E-state index contributed by atoms with van der Waals surface area (Å²) in [5.74, 6) is -0.168. The lowest BCUT2D eigenvalue weighted by molar-refractivity contribution is 0.102. The lowest BCUT2D eigenvalue weighted by Gasteiger charge is -2.07. The van der Waals surface area contributed by atoms with Crippen molar-refractivity contribution in [3.8, 4) is 6.07 Å². The maximum atomic E-state index is 12.1. The van der Waals surface area contributed by atoms with Crippen LogP contribution in [0.1, 0.15) is 27.0 Å². The zero-order valence-corrected chi connectivity index (χ0v) is 10.9. The standard InChI is InChI=1S/C16H14N2O/c1-11-6-7-14(8-12(11)2)16(19)18-15-5-3-4-13(9-15)10-17/h3-9H,1-2H3,(H,18,19). The molecule has 0 saturated heterocycles. The SMILES string of the molecule is Cc1ccc(C(=O)Nc2cccc(C#N)c2)cc1C. The summed E-state index contributed by atoms with van der Waals surface area (Å²) in [4.78, 5) is 12.1. The van der Waals surface area contributed by atoms with Gasteiger partial charge in [0.1, 0.15) is 0 Å². The summed E-state index contributed by atoms with van der Waals surface area (Å²) in [6.45, 7) is 3.98. The molecule has 0 aromatic heterocycles. The third-order valence-electron chi connectivity index (χ3n) is 3.02. The highest BCUT2D eigenvalue weighted by Crippen LogP contribution is 2.14. The van der Waals surface area contributed by atoms with Crippen LogP contribution in [0.4, 0.5) is 5.69 Å². The summed E-state index contributed by atoms with van der Waals surface area (Å²) in [7, 11) is 0. The van der Waals surface area contributed by atoms with Gasteiger partial charge in [-0.15, -0.1) is 0 Å². The molecule has 3 nitrogen and oxygen atoms in total. The van der Waals surface area contributed by atoms with Crippen LogP contribution in [0.5, 0.6) is 0 Å². The Balaban J connectivity index is 2.21. The molecule has 0 spiro atoms. The van der Waals surface area contributed by atoms with Crippen molar-refractivity contribution in [1.29, 1.82) is 5.26 Å². The van der Waals surface area contributed by atoms with Gasteiger partial charge in [0.25, 0.3) is 5.91 Å². The van der Waals surface area contributed by atoms with Crippen molar-refractivity contribution in [1.82, 2.24) is 0 Å². The van der Waals surface area contributed by atoms with Crippen LogP contribution in [-0.4, -0.2) is 5.91 Å². The first-order valence-electron chi connectivity index (χ1n) is 5.99.